The second-order valence-corrected chi connectivity index (χ2v) is 6.68. The summed E-state index contributed by atoms with van der Waals surface area (Å²) in [5.41, 5.74) is 1.63. The van der Waals surface area contributed by atoms with Gasteiger partial charge in [0.25, 0.3) is 0 Å². The number of rotatable bonds is 4. The standard InChI is InChI=1S/C13H12FIO2S/c1-17-12-3-2-8(4-10(12)14)5-11(16)9-6-13(15)18-7-9/h2-4,6-7,11,16H,5H2,1H3. The number of thiophene rings is 1. The lowest BCUT2D eigenvalue weighted by Crippen LogP contribution is -2.01. The Balaban J connectivity index is 2.12. The smallest absolute Gasteiger partial charge is 0.165 e. The van der Waals surface area contributed by atoms with Crippen LogP contribution in [-0.4, -0.2) is 12.2 Å². The molecule has 0 fully saturated rings. The van der Waals surface area contributed by atoms with E-state index in [9.17, 15) is 9.50 Å². The largest absolute Gasteiger partial charge is 0.494 e. The summed E-state index contributed by atoms with van der Waals surface area (Å²) < 4.78 is 19.5. The number of aliphatic hydroxyl groups excluding tert-OH is 1. The van der Waals surface area contributed by atoms with E-state index < -0.39 is 11.9 Å². The molecule has 0 radical (unpaired) electrons. The van der Waals surface area contributed by atoms with Crippen molar-refractivity contribution >= 4 is 33.9 Å². The van der Waals surface area contributed by atoms with Gasteiger partial charge in [0.2, 0.25) is 0 Å². The molecular formula is C13H12FIO2S. The third-order valence-electron chi connectivity index (χ3n) is 2.62. The van der Waals surface area contributed by atoms with Crippen LogP contribution in [0.3, 0.4) is 0 Å². The monoisotopic (exact) mass is 378 g/mol. The van der Waals surface area contributed by atoms with Crippen molar-refractivity contribution in [2.24, 2.45) is 0 Å². The minimum absolute atomic E-state index is 0.221. The summed E-state index contributed by atoms with van der Waals surface area (Å²) in [6, 6.07) is 6.69. The van der Waals surface area contributed by atoms with E-state index in [0.717, 1.165) is 14.0 Å². The molecule has 0 aliphatic rings. The van der Waals surface area contributed by atoms with Crippen LogP contribution in [0.15, 0.2) is 29.6 Å². The molecule has 1 aromatic carbocycles. The van der Waals surface area contributed by atoms with E-state index in [1.165, 1.54) is 13.2 Å². The van der Waals surface area contributed by atoms with Crippen molar-refractivity contribution in [3.05, 3.63) is 49.5 Å². The predicted molar refractivity (Wildman–Crippen MR) is 78.7 cm³/mol. The molecule has 18 heavy (non-hydrogen) atoms. The van der Waals surface area contributed by atoms with E-state index in [0.29, 0.717) is 6.42 Å². The van der Waals surface area contributed by atoms with Crippen LogP contribution in [0.5, 0.6) is 5.75 Å². The van der Waals surface area contributed by atoms with E-state index in [2.05, 4.69) is 22.6 Å². The summed E-state index contributed by atoms with van der Waals surface area (Å²) >= 11 is 3.80. The zero-order valence-electron chi connectivity index (χ0n) is 9.69. The fourth-order valence-electron chi connectivity index (χ4n) is 1.68. The van der Waals surface area contributed by atoms with Gasteiger partial charge < -0.3 is 9.84 Å². The van der Waals surface area contributed by atoms with Gasteiger partial charge in [0.1, 0.15) is 0 Å². The molecule has 0 saturated heterocycles. The van der Waals surface area contributed by atoms with Gasteiger partial charge in [0.15, 0.2) is 11.6 Å². The average molecular weight is 378 g/mol. The second-order valence-electron chi connectivity index (χ2n) is 3.87. The lowest BCUT2D eigenvalue weighted by Gasteiger charge is -2.10. The van der Waals surface area contributed by atoms with Gasteiger partial charge in [0.05, 0.1) is 16.1 Å². The van der Waals surface area contributed by atoms with Crippen molar-refractivity contribution in [2.75, 3.05) is 7.11 Å². The van der Waals surface area contributed by atoms with Crippen molar-refractivity contribution in [2.45, 2.75) is 12.5 Å². The van der Waals surface area contributed by atoms with E-state index in [-0.39, 0.29) is 5.75 Å². The SMILES string of the molecule is COc1ccc(CC(O)c2csc(I)c2)cc1F. The summed E-state index contributed by atoms with van der Waals surface area (Å²) in [5.74, 6) is -0.180. The van der Waals surface area contributed by atoms with Crippen LogP contribution in [0.1, 0.15) is 17.2 Å². The zero-order chi connectivity index (χ0) is 13.1. The summed E-state index contributed by atoms with van der Waals surface area (Å²) in [7, 11) is 1.43. The van der Waals surface area contributed by atoms with Gasteiger partial charge >= 0.3 is 0 Å². The van der Waals surface area contributed by atoms with E-state index in [1.807, 2.05) is 11.4 Å². The molecule has 1 aromatic heterocycles. The molecule has 0 saturated carbocycles. The number of halogens is 2. The predicted octanol–water partition coefficient (Wildman–Crippen LogP) is 3.78. The molecule has 1 atom stereocenters. The minimum Gasteiger partial charge on any atom is -0.494 e. The molecule has 1 N–H and O–H groups in total. The van der Waals surface area contributed by atoms with Crippen molar-refractivity contribution in [3.8, 4) is 5.75 Å². The molecule has 1 unspecified atom stereocenters. The second kappa shape index (κ2) is 5.99. The van der Waals surface area contributed by atoms with Gasteiger partial charge in [-0.15, -0.1) is 11.3 Å². The lowest BCUT2D eigenvalue weighted by atomic mass is 10.0. The molecule has 0 amide bonds. The van der Waals surface area contributed by atoms with E-state index in [1.54, 1.807) is 23.5 Å². The molecule has 2 nitrogen and oxygen atoms in total. The van der Waals surface area contributed by atoms with Gasteiger partial charge in [-0.3, -0.25) is 0 Å². The van der Waals surface area contributed by atoms with Crippen molar-refractivity contribution in [1.29, 1.82) is 0 Å². The zero-order valence-corrected chi connectivity index (χ0v) is 12.7. The number of hydrogen-bond donors (Lipinski definition) is 1. The highest BCUT2D eigenvalue weighted by Gasteiger charge is 2.12. The van der Waals surface area contributed by atoms with Gasteiger partial charge in [-0.05, 0) is 57.3 Å². The maximum absolute atomic E-state index is 13.5. The van der Waals surface area contributed by atoms with Crippen LogP contribution in [0, 0.1) is 8.70 Å². The molecular weight excluding hydrogens is 366 g/mol. The Bertz CT molecular complexity index is 542. The van der Waals surface area contributed by atoms with Crippen LogP contribution in [-0.2, 0) is 6.42 Å². The fraction of sp³-hybridized carbons (Fsp3) is 0.231. The minimum atomic E-state index is -0.599. The Morgan fingerprint density at radius 3 is 2.78 bits per heavy atom. The Labute approximate surface area is 123 Å². The molecule has 2 aromatic rings. The van der Waals surface area contributed by atoms with Crippen LogP contribution >= 0.6 is 33.9 Å². The molecule has 0 bridgehead atoms. The third-order valence-corrected chi connectivity index (χ3v) is 4.43. The topological polar surface area (TPSA) is 29.5 Å². The molecule has 0 spiro atoms. The number of benzene rings is 1. The molecule has 0 aliphatic carbocycles. The highest BCUT2D eigenvalue weighted by atomic mass is 127. The normalized spacial score (nSPS) is 12.4. The molecule has 1 heterocycles. The average Bonchev–Trinajstić information content (AvgIpc) is 2.76. The first-order valence-corrected chi connectivity index (χ1v) is 7.30. The van der Waals surface area contributed by atoms with E-state index >= 15 is 0 Å². The Kier molecular flexibility index (Phi) is 4.58. The fourth-order valence-corrected chi connectivity index (χ4v) is 3.10. The molecule has 5 heteroatoms. The first kappa shape index (κ1) is 13.8. The van der Waals surface area contributed by atoms with Gasteiger partial charge in [-0.1, -0.05) is 6.07 Å². The first-order valence-electron chi connectivity index (χ1n) is 5.34. The summed E-state index contributed by atoms with van der Waals surface area (Å²) in [6.07, 6.45) is -0.203. The summed E-state index contributed by atoms with van der Waals surface area (Å²) in [6.45, 7) is 0. The van der Waals surface area contributed by atoms with Crippen LogP contribution in [0.2, 0.25) is 0 Å². The van der Waals surface area contributed by atoms with Crippen molar-refractivity contribution in [3.63, 3.8) is 0 Å². The van der Waals surface area contributed by atoms with Crippen LogP contribution < -0.4 is 4.74 Å². The van der Waals surface area contributed by atoms with Gasteiger partial charge in [-0.2, -0.15) is 0 Å². The quantitative estimate of drug-likeness (QED) is 0.821. The first-order chi connectivity index (χ1) is 8.60. The Hall–Kier alpha value is -0.660. The molecule has 0 aliphatic heterocycles. The maximum atomic E-state index is 13.5. The number of hydrogen-bond acceptors (Lipinski definition) is 3. The van der Waals surface area contributed by atoms with Crippen LogP contribution in [0.25, 0.3) is 0 Å². The molecule has 2 rings (SSSR count). The summed E-state index contributed by atoms with van der Waals surface area (Å²) in [4.78, 5) is 0. The maximum Gasteiger partial charge on any atom is 0.165 e. The highest BCUT2D eigenvalue weighted by Crippen LogP contribution is 2.26. The van der Waals surface area contributed by atoms with Crippen molar-refractivity contribution in [1.82, 2.24) is 0 Å². The number of methoxy groups -OCH3 is 1. The molecule has 96 valence electrons. The van der Waals surface area contributed by atoms with Crippen LogP contribution in [0.4, 0.5) is 4.39 Å². The van der Waals surface area contributed by atoms with Gasteiger partial charge in [0, 0.05) is 6.42 Å². The lowest BCUT2D eigenvalue weighted by molar-refractivity contribution is 0.179. The Morgan fingerprint density at radius 2 is 2.22 bits per heavy atom. The van der Waals surface area contributed by atoms with Gasteiger partial charge in [-0.25, -0.2) is 4.39 Å². The van der Waals surface area contributed by atoms with E-state index in [4.69, 9.17) is 4.74 Å². The third kappa shape index (κ3) is 3.21. The van der Waals surface area contributed by atoms with Crippen molar-refractivity contribution < 1.29 is 14.2 Å². The number of aliphatic hydroxyl groups is 1. The highest BCUT2D eigenvalue weighted by molar-refractivity contribution is 14.1. The summed E-state index contributed by atoms with van der Waals surface area (Å²) in [5, 5.41) is 12.0. The Morgan fingerprint density at radius 1 is 1.44 bits per heavy atom. The number of ether oxygens (including phenoxy) is 1.